The van der Waals surface area contributed by atoms with Crippen LogP contribution in [0.2, 0.25) is 0 Å². The third-order valence-electron chi connectivity index (χ3n) is 2.74. The molecule has 1 rings (SSSR count). The van der Waals surface area contributed by atoms with Gasteiger partial charge >= 0.3 is 5.97 Å². The minimum absolute atomic E-state index is 0.256. The van der Waals surface area contributed by atoms with Crippen LogP contribution >= 0.6 is 11.8 Å². The Hall–Kier alpha value is -1.05. The maximum atomic E-state index is 12.0. The summed E-state index contributed by atoms with van der Waals surface area (Å²) in [7, 11) is -0.442. The zero-order chi connectivity index (χ0) is 15.3. The van der Waals surface area contributed by atoms with E-state index in [1.165, 1.54) is 30.2 Å². The van der Waals surface area contributed by atoms with Crippen molar-refractivity contribution in [3.8, 4) is 0 Å². The van der Waals surface area contributed by atoms with Gasteiger partial charge in [-0.05, 0) is 17.7 Å². The number of rotatable bonds is 7. The zero-order valence-corrected chi connectivity index (χ0v) is 13.4. The molecule has 0 bridgehead atoms. The summed E-state index contributed by atoms with van der Waals surface area (Å²) in [6, 6.07) is 6.73. The van der Waals surface area contributed by atoms with Crippen molar-refractivity contribution in [3.63, 3.8) is 0 Å². The average molecular weight is 317 g/mol. The van der Waals surface area contributed by atoms with Crippen LogP contribution < -0.4 is 0 Å². The lowest BCUT2D eigenvalue weighted by atomic mass is 10.2. The molecule has 1 N–H and O–H groups in total. The highest BCUT2D eigenvalue weighted by Gasteiger charge is 2.17. The lowest BCUT2D eigenvalue weighted by Gasteiger charge is -2.12. The van der Waals surface area contributed by atoms with Crippen LogP contribution in [0.15, 0.2) is 29.2 Å². The van der Waals surface area contributed by atoms with E-state index in [4.69, 9.17) is 5.11 Å². The van der Waals surface area contributed by atoms with Crippen molar-refractivity contribution in [2.24, 2.45) is 5.92 Å². The molecule has 0 aromatic heterocycles. The molecule has 0 amide bonds. The van der Waals surface area contributed by atoms with Gasteiger partial charge < -0.3 is 5.11 Å². The lowest BCUT2D eigenvalue weighted by Crippen LogP contribution is -2.22. The first-order chi connectivity index (χ1) is 9.25. The molecule has 0 aliphatic carbocycles. The molecular weight excluding hydrogens is 298 g/mol. The smallest absolute Gasteiger partial charge is 0.307 e. The van der Waals surface area contributed by atoms with Crippen molar-refractivity contribution < 1.29 is 18.3 Å². The van der Waals surface area contributed by atoms with Crippen LogP contribution in [0.1, 0.15) is 12.5 Å². The minimum Gasteiger partial charge on any atom is -0.481 e. The van der Waals surface area contributed by atoms with Crippen molar-refractivity contribution in [1.29, 1.82) is 0 Å². The predicted molar refractivity (Wildman–Crippen MR) is 80.3 cm³/mol. The largest absolute Gasteiger partial charge is 0.481 e. The molecule has 1 aromatic rings. The number of aliphatic carboxylic acids is 1. The summed E-state index contributed by atoms with van der Waals surface area (Å²) in [5.74, 6) is -0.135. The molecule has 0 radical (unpaired) electrons. The Morgan fingerprint density at radius 2 is 2.05 bits per heavy atom. The number of thioether (sulfide) groups is 1. The molecule has 0 aliphatic rings. The summed E-state index contributed by atoms with van der Waals surface area (Å²) in [6.07, 6.45) is 0. The van der Waals surface area contributed by atoms with E-state index in [1.807, 2.05) is 6.07 Å². The normalized spacial score (nSPS) is 13.4. The van der Waals surface area contributed by atoms with E-state index in [1.54, 1.807) is 25.1 Å². The van der Waals surface area contributed by atoms with Crippen molar-refractivity contribution >= 4 is 27.8 Å². The molecule has 7 heteroatoms. The van der Waals surface area contributed by atoms with E-state index in [9.17, 15) is 13.2 Å². The number of nitrogens with zero attached hydrogens (tertiary/aromatic N) is 1. The molecule has 20 heavy (non-hydrogen) atoms. The van der Waals surface area contributed by atoms with Crippen LogP contribution in [0.25, 0.3) is 0 Å². The predicted octanol–water partition coefficient (Wildman–Crippen LogP) is 1.89. The highest BCUT2D eigenvalue weighted by atomic mass is 32.2. The standard InChI is InChI=1S/C13H19NO4S2/c1-10(13(15)16)8-19-9-11-5-4-6-12(7-11)20(17,18)14(2)3/h4-7,10H,8-9H2,1-3H3,(H,15,16). The zero-order valence-electron chi connectivity index (χ0n) is 11.7. The Morgan fingerprint density at radius 3 is 2.60 bits per heavy atom. The Balaban J connectivity index is 2.73. The molecule has 0 spiro atoms. The SMILES string of the molecule is CC(CSCc1cccc(S(=O)(=O)N(C)C)c1)C(=O)O. The maximum Gasteiger partial charge on any atom is 0.307 e. The second-order valence-electron chi connectivity index (χ2n) is 4.69. The van der Waals surface area contributed by atoms with Gasteiger partial charge in [0, 0.05) is 25.6 Å². The summed E-state index contributed by atoms with van der Waals surface area (Å²) >= 11 is 1.48. The van der Waals surface area contributed by atoms with E-state index in [0.717, 1.165) is 5.56 Å². The van der Waals surface area contributed by atoms with Gasteiger partial charge in [0.1, 0.15) is 0 Å². The van der Waals surface area contributed by atoms with Gasteiger partial charge in [-0.2, -0.15) is 11.8 Å². The van der Waals surface area contributed by atoms with Gasteiger partial charge in [0.15, 0.2) is 0 Å². The second-order valence-corrected chi connectivity index (χ2v) is 7.87. The van der Waals surface area contributed by atoms with Gasteiger partial charge in [0.05, 0.1) is 10.8 Å². The fourth-order valence-corrected chi connectivity index (χ4v) is 3.43. The fraction of sp³-hybridized carbons (Fsp3) is 0.462. The van der Waals surface area contributed by atoms with Crippen molar-refractivity contribution in [2.45, 2.75) is 17.6 Å². The first-order valence-corrected chi connectivity index (χ1v) is 8.66. The number of carboxylic acids is 1. The quantitative estimate of drug-likeness (QED) is 0.831. The highest BCUT2D eigenvalue weighted by molar-refractivity contribution is 7.98. The van der Waals surface area contributed by atoms with Crippen LogP contribution in [0.3, 0.4) is 0 Å². The molecule has 1 atom stereocenters. The van der Waals surface area contributed by atoms with Gasteiger partial charge in [0.2, 0.25) is 10.0 Å². The number of hydrogen-bond donors (Lipinski definition) is 1. The van der Waals surface area contributed by atoms with Gasteiger partial charge in [-0.25, -0.2) is 12.7 Å². The third kappa shape index (κ3) is 4.50. The number of hydrogen-bond acceptors (Lipinski definition) is 4. The molecule has 0 heterocycles. The topological polar surface area (TPSA) is 74.7 Å². The first-order valence-electron chi connectivity index (χ1n) is 6.07. The lowest BCUT2D eigenvalue weighted by molar-refractivity contribution is -0.140. The molecule has 0 fully saturated rings. The number of carboxylic acid groups (broad SMARTS) is 1. The van der Waals surface area contributed by atoms with E-state index >= 15 is 0 Å². The molecule has 0 saturated carbocycles. The number of carbonyl (C=O) groups is 1. The first kappa shape index (κ1) is 17.0. The van der Waals surface area contributed by atoms with Crippen LogP contribution in [-0.2, 0) is 20.6 Å². The molecule has 1 aromatic carbocycles. The Morgan fingerprint density at radius 1 is 1.40 bits per heavy atom. The van der Waals surface area contributed by atoms with Gasteiger partial charge in [-0.15, -0.1) is 0 Å². The Kier molecular flexibility index (Phi) is 6.04. The van der Waals surface area contributed by atoms with E-state index < -0.39 is 21.9 Å². The third-order valence-corrected chi connectivity index (χ3v) is 5.82. The van der Waals surface area contributed by atoms with Crippen LogP contribution in [0.5, 0.6) is 0 Å². The van der Waals surface area contributed by atoms with Crippen molar-refractivity contribution in [3.05, 3.63) is 29.8 Å². The van der Waals surface area contributed by atoms with Gasteiger partial charge in [-0.3, -0.25) is 4.79 Å². The van der Waals surface area contributed by atoms with Crippen molar-refractivity contribution in [2.75, 3.05) is 19.8 Å². The Bertz CT molecular complexity index is 569. The van der Waals surface area contributed by atoms with E-state index in [0.29, 0.717) is 11.5 Å². The van der Waals surface area contributed by atoms with E-state index in [2.05, 4.69) is 0 Å². The Labute approximate surface area is 124 Å². The summed E-state index contributed by atoms with van der Waals surface area (Å²) < 4.78 is 25.2. The fourth-order valence-electron chi connectivity index (χ4n) is 1.43. The molecule has 1 unspecified atom stereocenters. The number of benzene rings is 1. The molecule has 5 nitrogen and oxygen atoms in total. The molecule has 112 valence electrons. The monoisotopic (exact) mass is 317 g/mol. The van der Waals surface area contributed by atoms with Crippen LogP contribution in [0.4, 0.5) is 0 Å². The highest BCUT2D eigenvalue weighted by Crippen LogP contribution is 2.20. The van der Waals surface area contributed by atoms with Crippen LogP contribution in [-0.4, -0.2) is 43.6 Å². The minimum atomic E-state index is -3.42. The molecule has 0 aliphatic heterocycles. The summed E-state index contributed by atoms with van der Waals surface area (Å²) in [6.45, 7) is 1.66. The van der Waals surface area contributed by atoms with Crippen LogP contribution in [0, 0.1) is 5.92 Å². The average Bonchev–Trinajstić information content (AvgIpc) is 2.38. The summed E-state index contributed by atoms with van der Waals surface area (Å²) in [4.78, 5) is 11.0. The number of sulfonamides is 1. The second kappa shape index (κ2) is 7.10. The maximum absolute atomic E-state index is 12.0. The van der Waals surface area contributed by atoms with E-state index in [-0.39, 0.29) is 4.90 Å². The summed E-state index contributed by atoms with van der Waals surface area (Å²) in [5, 5.41) is 8.79. The summed E-state index contributed by atoms with van der Waals surface area (Å²) in [5.41, 5.74) is 0.871. The molecule has 0 saturated heterocycles. The molecular formula is C13H19NO4S2. The van der Waals surface area contributed by atoms with Gasteiger partial charge in [0.25, 0.3) is 0 Å². The van der Waals surface area contributed by atoms with Crippen molar-refractivity contribution in [1.82, 2.24) is 4.31 Å². The van der Waals surface area contributed by atoms with Gasteiger partial charge in [-0.1, -0.05) is 19.1 Å².